The number of ether oxygens (including phenoxy) is 1. The highest BCUT2D eigenvalue weighted by Gasteiger charge is 2.28. The van der Waals surface area contributed by atoms with Gasteiger partial charge < -0.3 is 14.3 Å². The van der Waals surface area contributed by atoms with Crippen molar-refractivity contribution >= 4 is 22.5 Å². The van der Waals surface area contributed by atoms with Gasteiger partial charge in [0, 0.05) is 28.4 Å². The predicted molar refractivity (Wildman–Crippen MR) is 101 cm³/mol. The molecule has 6 heteroatoms. The van der Waals surface area contributed by atoms with Crippen molar-refractivity contribution in [3.8, 4) is 0 Å². The van der Waals surface area contributed by atoms with E-state index in [0.29, 0.717) is 22.4 Å². The van der Waals surface area contributed by atoms with E-state index in [1.165, 1.54) is 0 Å². The van der Waals surface area contributed by atoms with Gasteiger partial charge in [0.25, 0.3) is 5.56 Å². The van der Waals surface area contributed by atoms with Gasteiger partial charge in [-0.3, -0.25) is 9.59 Å². The third-order valence-electron chi connectivity index (χ3n) is 5.00. The van der Waals surface area contributed by atoms with Crippen molar-refractivity contribution in [3.63, 3.8) is 0 Å². The highest BCUT2D eigenvalue weighted by molar-refractivity contribution is 6.00. The van der Waals surface area contributed by atoms with Crippen LogP contribution >= 0.6 is 0 Å². The summed E-state index contributed by atoms with van der Waals surface area (Å²) < 4.78 is 7.34. The van der Waals surface area contributed by atoms with Gasteiger partial charge in [-0.1, -0.05) is 18.2 Å². The van der Waals surface area contributed by atoms with Gasteiger partial charge in [-0.2, -0.15) is 0 Å². The number of hydrogen-bond acceptors (Lipinski definition) is 4. The predicted octanol–water partition coefficient (Wildman–Crippen LogP) is 3.32. The van der Waals surface area contributed by atoms with Gasteiger partial charge in [-0.05, 0) is 50.3 Å². The monoisotopic (exact) mass is 364 g/mol. The van der Waals surface area contributed by atoms with Crippen LogP contribution in [0.15, 0.2) is 41.2 Å². The number of esters is 1. The molecule has 4 rings (SSSR count). The number of hydrogen-bond donors (Lipinski definition) is 1. The van der Waals surface area contributed by atoms with Gasteiger partial charge in [0.05, 0.1) is 0 Å². The molecule has 0 bridgehead atoms. The minimum absolute atomic E-state index is 0.0370. The first kappa shape index (κ1) is 17.3. The fourth-order valence-electron chi connectivity index (χ4n) is 3.56. The Balaban J connectivity index is 1.50. The molecule has 0 spiro atoms. The van der Waals surface area contributed by atoms with Crippen molar-refractivity contribution in [1.29, 1.82) is 0 Å². The van der Waals surface area contributed by atoms with Gasteiger partial charge in [-0.15, -0.1) is 0 Å². The van der Waals surface area contributed by atoms with Crippen molar-refractivity contribution in [3.05, 3.63) is 69.4 Å². The lowest BCUT2D eigenvalue weighted by Crippen LogP contribution is -2.19. The Bertz CT molecular complexity index is 1120. The molecule has 0 aliphatic heterocycles. The molecule has 1 N–H and O–H groups in total. The van der Waals surface area contributed by atoms with Gasteiger partial charge in [-0.25, -0.2) is 4.79 Å². The summed E-state index contributed by atoms with van der Waals surface area (Å²) >= 11 is 0. The van der Waals surface area contributed by atoms with Crippen LogP contribution in [0.1, 0.15) is 51.1 Å². The molecular weight excluding hydrogens is 344 g/mol. The molecule has 1 aliphatic carbocycles. The molecule has 2 aromatic heterocycles. The Labute approximate surface area is 155 Å². The van der Waals surface area contributed by atoms with E-state index in [2.05, 4.69) is 9.55 Å². The van der Waals surface area contributed by atoms with Crippen LogP contribution in [0, 0.1) is 13.8 Å². The third kappa shape index (κ3) is 3.18. The summed E-state index contributed by atoms with van der Waals surface area (Å²) in [6.45, 7) is 3.54. The number of rotatable bonds is 5. The Morgan fingerprint density at radius 1 is 1.19 bits per heavy atom. The number of nitrogens with zero attached hydrogens (tertiary/aromatic N) is 1. The van der Waals surface area contributed by atoms with Crippen LogP contribution in [0.2, 0.25) is 0 Å². The molecule has 6 nitrogen and oxygen atoms in total. The van der Waals surface area contributed by atoms with Crippen LogP contribution in [0.5, 0.6) is 0 Å². The molecule has 0 unspecified atom stereocenters. The zero-order valence-corrected chi connectivity index (χ0v) is 15.2. The molecule has 27 heavy (non-hydrogen) atoms. The first-order valence-corrected chi connectivity index (χ1v) is 8.96. The lowest BCUT2D eigenvalue weighted by molar-refractivity contribution is 0.0468. The Morgan fingerprint density at radius 2 is 1.93 bits per heavy atom. The highest BCUT2D eigenvalue weighted by atomic mass is 16.5. The fraction of sp³-hybridized carbons (Fsp3) is 0.286. The number of aryl methyl sites for hydroxylation is 1. The number of aromatic nitrogens is 2. The zero-order chi connectivity index (χ0) is 19.1. The van der Waals surface area contributed by atoms with Crippen molar-refractivity contribution in [2.45, 2.75) is 32.7 Å². The van der Waals surface area contributed by atoms with Crippen molar-refractivity contribution in [1.82, 2.24) is 9.55 Å². The van der Waals surface area contributed by atoms with E-state index in [9.17, 15) is 14.4 Å². The molecule has 1 saturated carbocycles. The van der Waals surface area contributed by atoms with Crippen LogP contribution in [-0.2, 0) is 4.74 Å². The number of nitrogens with one attached hydrogen (secondary N) is 1. The summed E-state index contributed by atoms with van der Waals surface area (Å²) in [4.78, 5) is 39.4. The average molecular weight is 364 g/mol. The molecule has 1 aromatic carbocycles. The van der Waals surface area contributed by atoms with Crippen LogP contribution in [0.4, 0.5) is 0 Å². The molecule has 0 saturated heterocycles. The first-order chi connectivity index (χ1) is 13.0. The molecule has 1 aliphatic rings. The SMILES string of the molecule is Cc1cc(C(=O)COC(=O)c2cc3ccccc3c(=O)[nH]2)c(C)n1C1CC1. The van der Waals surface area contributed by atoms with Crippen molar-refractivity contribution < 1.29 is 14.3 Å². The molecule has 1 fully saturated rings. The number of pyridine rings is 1. The van der Waals surface area contributed by atoms with Crippen LogP contribution in [-0.4, -0.2) is 27.9 Å². The zero-order valence-electron chi connectivity index (χ0n) is 15.2. The molecule has 0 atom stereocenters. The van der Waals surface area contributed by atoms with Crippen molar-refractivity contribution in [2.24, 2.45) is 0 Å². The number of Topliss-reactive ketones (excluding diaryl/α,β-unsaturated/α-hetero) is 1. The molecule has 0 radical (unpaired) electrons. The first-order valence-electron chi connectivity index (χ1n) is 8.96. The second-order valence-electron chi connectivity index (χ2n) is 6.98. The molecular formula is C21H20N2O4. The topological polar surface area (TPSA) is 81.2 Å². The van der Waals surface area contributed by atoms with E-state index < -0.39 is 5.97 Å². The normalized spacial score (nSPS) is 13.7. The van der Waals surface area contributed by atoms with Gasteiger partial charge in [0.1, 0.15) is 5.69 Å². The smallest absolute Gasteiger partial charge is 0.355 e. The molecule has 3 aromatic rings. The van der Waals surface area contributed by atoms with E-state index in [-0.39, 0.29) is 23.6 Å². The maximum absolute atomic E-state index is 12.5. The number of H-pyrrole nitrogens is 1. The van der Waals surface area contributed by atoms with Gasteiger partial charge >= 0.3 is 5.97 Å². The number of carbonyl (C=O) groups excluding carboxylic acids is 2. The molecule has 138 valence electrons. The lowest BCUT2D eigenvalue weighted by Gasteiger charge is -2.08. The average Bonchev–Trinajstić information content (AvgIpc) is 3.44. The Morgan fingerprint density at radius 3 is 2.67 bits per heavy atom. The fourth-order valence-corrected chi connectivity index (χ4v) is 3.56. The Kier molecular flexibility index (Phi) is 4.18. The van der Waals surface area contributed by atoms with Gasteiger partial charge in [0.2, 0.25) is 5.78 Å². The van der Waals surface area contributed by atoms with E-state index in [1.54, 1.807) is 30.3 Å². The van der Waals surface area contributed by atoms with E-state index >= 15 is 0 Å². The quantitative estimate of drug-likeness (QED) is 0.556. The largest absolute Gasteiger partial charge is 0.453 e. The number of benzene rings is 1. The highest BCUT2D eigenvalue weighted by Crippen LogP contribution is 2.38. The number of carbonyl (C=O) groups is 2. The Hall–Kier alpha value is -3.15. The summed E-state index contributed by atoms with van der Waals surface area (Å²) in [6, 6.07) is 10.9. The second-order valence-corrected chi connectivity index (χ2v) is 6.98. The van der Waals surface area contributed by atoms with E-state index in [4.69, 9.17) is 4.74 Å². The number of ketones is 1. The minimum atomic E-state index is -0.720. The van der Waals surface area contributed by atoms with Crippen LogP contribution in [0.25, 0.3) is 10.8 Å². The van der Waals surface area contributed by atoms with E-state index in [0.717, 1.165) is 24.2 Å². The maximum atomic E-state index is 12.5. The third-order valence-corrected chi connectivity index (χ3v) is 5.00. The minimum Gasteiger partial charge on any atom is -0.453 e. The number of aromatic amines is 1. The summed E-state index contributed by atoms with van der Waals surface area (Å²) in [6.07, 6.45) is 2.27. The lowest BCUT2D eigenvalue weighted by atomic mass is 10.1. The maximum Gasteiger partial charge on any atom is 0.355 e. The second kappa shape index (κ2) is 6.54. The van der Waals surface area contributed by atoms with Gasteiger partial charge in [0.15, 0.2) is 6.61 Å². The number of fused-ring (bicyclic) bond motifs is 1. The van der Waals surface area contributed by atoms with Crippen molar-refractivity contribution in [2.75, 3.05) is 6.61 Å². The summed E-state index contributed by atoms with van der Waals surface area (Å²) in [5.74, 6) is -0.964. The van der Waals surface area contributed by atoms with E-state index in [1.807, 2.05) is 19.9 Å². The summed E-state index contributed by atoms with van der Waals surface area (Å²) in [7, 11) is 0. The summed E-state index contributed by atoms with van der Waals surface area (Å²) in [5.41, 5.74) is 2.22. The standard InChI is InChI=1S/C21H20N2O4/c1-12-9-17(13(2)23(12)15-7-8-15)19(24)11-27-21(26)18-10-14-5-3-4-6-16(14)20(25)22-18/h3-6,9-10,15H,7-8,11H2,1-2H3,(H,22,25). The van der Waals surface area contributed by atoms with Crippen LogP contribution in [0.3, 0.4) is 0 Å². The molecule has 0 amide bonds. The summed E-state index contributed by atoms with van der Waals surface area (Å²) in [5, 5.41) is 1.14. The molecule has 2 heterocycles. The van der Waals surface area contributed by atoms with Crippen LogP contribution < -0.4 is 5.56 Å².